The number of rotatable bonds is 13. The largest absolute Gasteiger partial charge is 0.482 e. The summed E-state index contributed by atoms with van der Waals surface area (Å²) in [4.78, 5) is 29.9. The molecule has 3 aromatic rings. The highest BCUT2D eigenvalue weighted by Crippen LogP contribution is 2.62. The van der Waals surface area contributed by atoms with Crippen LogP contribution in [0.25, 0.3) is 0 Å². The molecule has 0 N–H and O–H groups in total. The van der Waals surface area contributed by atoms with Gasteiger partial charge in [-0.1, -0.05) is 32.0 Å². The van der Waals surface area contributed by atoms with Crippen LogP contribution in [0.5, 0.6) is 11.5 Å². The Kier molecular flexibility index (Phi) is 9.53. The first-order chi connectivity index (χ1) is 25.8. The highest BCUT2D eigenvalue weighted by Gasteiger charge is 2.60. The van der Waals surface area contributed by atoms with Crippen LogP contribution in [0.15, 0.2) is 93.5 Å². The molecule has 0 radical (unpaired) electrons. The molecule has 0 spiro atoms. The molecule has 8 saturated carbocycles. The maximum atomic E-state index is 13.2. The molecule has 0 aromatic heterocycles. The van der Waals surface area contributed by atoms with Crippen LogP contribution in [0.2, 0.25) is 0 Å². The fraction of sp³-hybridized carbons (Fsp3) is 0.565. The van der Waals surface area contributed by atoms with Crippen LogP contribution in [0, 0.1) is 47.3 Å². The molecule has 11 rings (SSSR count). The Bertz CT molecular complexity index is 1600. The first-order valence-electron chi connectivity index (χ1n) is 20.5. The lowest BCUT2D eigenvalue weighted by atomic mass is 9.49. The third-order valence-corrected chi connectivity index (χ3v) is 16.8. The summed E-state index contributed by atoms with van der Waals surface area (Å²) in [5.41, 5.74) is -0.615. The van der Waals surface area contributed by atoms with Crippen LogP contribution in [-0.4, -0.2) is 36.4 Å². The number of benzene rings is 3. The molecule has 0 amide bonds. The van der Waals surface area contributed by atoms with Gasteiger partial charge < -0.3 is 18.9 Å². The molecule has 280 valence electrons. The summed E-state index contributed by atoms with van der Waals surface area (Å²) in [7, 11) is -0.379. The molecule has 8 bridgehead atoms. The third-order valence-electron chi connectivity index (χ3n) is 14.6. The van der Waals surface area contributed by atoms with Gasteiger partial charge in [0.1, 0.15) is 22.7 Å². The van der Waals surface area contributed by atoms with Crippen molar-refractivity contribution in [1.82, 2.24) is 0 Å². The number of hydrogen-bond acceptors (Lipinski definition) is 6. The van der Waals surface area contributed by atoms with Crippen molar-refractivity contribution < 1.29 is 28.5 Å². The lowest BCUT2D eigenvalue weighted by Gasteiger charge is -2.60. The molecule has 0 atom stereocenters. The number of carbonyl (C=O) groups excluding carboxylic acids is 2. The highest BCUT2D eigenvalue weighted by molar-refractivity contribution is 7.97. The summed E-state index contributed by atoms with van der Waals surface area (Å²) in [6.07, 6.45) is 14.3. The van der Waals surface area contributed by atoms with Crippen molar-refractivity contribution in [2.75, 3.05) is 13.2 Å². The second-order valence-electron chi connectivity index (χ2n) is 17.3. The lowest BCUT2D eigenvalue weighted by molar-refractivity contribution is -0.212. The van der Waals surface area contributed by atoms with Crippen LogP contribution < -0.4 is 9.47 Å². The Morgan fingerprint density at radius 2 is 0.849 bits per heavy atom. The van der Waals surface area contributed by atoms with Crippen LogP contribution in [0.1, 0.15) is 90.9 Å². The highest BCUT2D eigenvalue weighted by atomic mass is 32.2. The Balaban J connectivity index is 0.830. The van der Waals surface area contributed by atoms with Gasteiger partial charge in [-0.3, -0.25) is 0 Å². The molecule has 0 unspecified atom stereocenters. The fourth-order valence-corrected chi connectivity index (χ4v) is 14.7. The van der Waals surface area contributed by atoms with Gasteiger partial charge in [-0.15, -0.1) is 0 Å². The first kappa shape index (κ1) is 35.3. The van der Waals surface area contributed by atoms with E-state index < -0.39 is 0 Å². The predicted octanol–water partition coefficient (Wildman–Crippen LogP) is 9.84. The van der Waals surface area contributed by atoms with Crippen LogP contribution >= 0.6 is 0 Å². The van der Waals surface area contributed by atoms with E-state index in [1.807, 2.05) is 30.3 Å². The zero-order valence-corrected chi connectivity index (χ0v) is 32.2. The van der Waals surface area contributed by atoms with Crippen LogP contribution in [0.4, 0.5) is 0 Å². The van der Waals surface area contributed by atoms with Gasteiger partial charge in [-0.2, -0.15) is 0 Å². The van der Waals surface area contributed by atoms with E-state index in [0.29, 0.717) is 35.2 Å². The van der Waals surface area contributed by atoms with Crippen LogP contribution in [0.3, 0.4) is 0 Å². The van der Waals surface area contributed by atoms with Crippen LogP contribution in [-0.2, 0) is 30.0 Å². The second-order valence-corrected chi connectivity index (χ2v) is 19.3. The summed E-state index contributed by atoms with van der Waals surface area (Å²) in [6, 6.07) is 26.7. The van der Waals surface area contributed by atoms with Gasteiger partial charge in [-0.25, -0.2) is 9.59 Å². The molecule has 0 aliphatic heterocycles. The Labute approximate surface area is 318 Å². The van der Waals surface area contributed by atoms with Gasteiger partial charge in [-0.05, 0) is 185 Å². The molecule has 8 aliphatic rings. The molecule has 8 fully saturated rings. The van der Waals surface area contributed by atoms with Crippen molar-refractivity contribution in [3.05, 3.63) is 78.9 Å². The minimum absolute atomic E-state index is 0.0751. The number of ether oxygens (including phenoxy) is 4. The van der Waals surface area contributed by atoms with E-state index in [4.69, 9.17) is 18.9 Å². The van der Waals surface area contributed by atoms with E-state index in [1.54, 1.807) is 0 Å². The standard InChI is InChI=1S/C46H55O6S/c1-3-45(34-20-30-18-31(22-34)23-35(45)21-30)51-43(47)28-49-38-10-14-41(15-11-38)53(40-8-6-5-7-9-40)42-16-12-39(13-17-42)50-29-44(48)52-46(4-2)36-24-32-19-33(26-36)27-37(46)25-32/h5-17,30-37H,3-4,18-29H2,1-2H3/q+1. The van der Waals surface area contributed by atoms with E-state index in [-0.39, 0.29) is 47.2 Å². The third kappa shape index (κ3) is 6.57. The SMILES string of the molecule is CCC1(OC(=O)COc2ccc([S+](c3ccccc3)c3ccc(OCC(=O)OC4(CC)C5CC6CC(C5)CC4C6)cc3)cc2)C2CC3CC(C2)CC1C3. The molecule has 0 heterocycles. The summed E-state index contributed by atoms with van der Waals surface area (Å²) < 4.78 is 24.8. The molecule has 3 aromatic carbocycles. The average Bonchev–Trinajstić information content (AvgIpc) is 3.17. The topological polar surface area (TPSA) is 71.1 Å². The van der Waals surface area contributed by atoms with Gasteiger partial charge in [0.25, 0.3) is 0 Å². The summed E-state index contributed by atoms with van der Waals surface area (Å²) in [5, 5.41) is 0. The maximum Gasteiger partial charge on any atom is 0.344 e. The first-order valence-corrected chi connectivity index (χ1v) is 21.7. The normalized spacial score (nSPS) is 35.1. The van der Waals surface area contributed by atoms with Gasteiger partial charge in [0, 0.05) is 0 Å². The number of esters is 2. The van der Waals surface area contributed by atoms with E-state index in [1.165, 1.54) is 69.1 Å². The van der Waals surface area contributed by atoms with Gasteiger partial charge in [0.05, 0.1) is 10.9 Å². The minimum atomic E-state index is -0.379. The Hall–Kier alpha value is -3.45. The molecule has 7 heteroatoms. The summed E-state index contributed by atoms with van der Waals surface area (Å²) in [5.74, 6) is 6.16. The monoisotopic (exact) mass is 735 g/mol. The Morgan fingerprint density at radius 1 is 0.509 bits per heavy atom. The molecule has 53 heavy (non-hydrogen) atoms. The van der Waals surface area contributed by atoms with Crippen molar-refractivity contribution in [3.8, 4) is 11.5 Å². The molecular formula is C46H55O6S+. The van der Waals surface area contributed by atoms with Gasteiger partial charge >= 0.3 is 11.9 Å². The van der Waals surface area contributed by atoms with Crippen molar-refractivity contribution >= 4 is 22.8 Å². The molecule has 8 aliphatic carbocycles. The summed E-state index contributed by atoms with van der Waals surface area (Å²) >= 11 is 0. The number of hydrogen-bond donors (Lipinski definition) is 0. The zero-order chi connectivity index (χ0) is 36.2. The molecule has 0 saturated heterocycles. The quantitative estimate of drug-likeness (QED) is 0.129. The smallest absolute Gasteiger partial charge is 0.344 e. The molecule has 6 nitrogen and oxygen atoms in total. The number of carbonyl (C=O) groups is 2. The summed E-state index contributed by atoms with van der Waals surface area (Å²) in [6.45, 7) is 4.24. The van der Waals surface area contributed by atoms with Crippen molar-refractivity contribution in [2.24, 2.45) is 47.3 Å². The zero-order valence-electron chi connectivity index (χ0n) is 31.4. The van der Waals surface area contributed by atoms with E-state index in [2.05, 4.69) is 62.4 Å². The van der Waals surface area contributed by atoms with Crippen molar-refractivity contribution in [2.45, 2.75) is 117 Å². The average molecular weight is 736 g/mol. The molecular weight excluding hydrogens is 681 g/mol. The van der Waals surface area contributed by atoms with Gasteiger partial charge in [0.15, 0.2) is 27.9 Å². The van der Waals surface area contributed by atoms with E-state index in [0.717, 1.165) is 46.3 Å². The Morgan fingerprint density at radius 3 is 1.19 bits per heavy atom. The van der Waals surface area contributed by atoms with Crippen molar-refractivity contribution in [3.63, 3.8) is 0 Å². The van der Waals surface area contributed by atoms with E-state index in [9.17, 15) is 9.59 Å². The fourth-order valence-electron chi connectivity index (χ4n) is 12.7. The lowest BCUT2D eigenvalue weighted by Crippen LogP contribution is -2.59. The second kappa shape index (κ2) is 14.3. The van der Waals surface area contributed by atoms with Gasteiger partial charge in [0.2, 0.25) is 0 Å². The maximum absolute atomic E-state index is 13.2. The predicted molar refractivity (Wildman–Crippen MR) is 205 cm³/mol. The van der Waals surface area contributed by atoms with Crippen molar-refractivity contribution in [1.29, 1.82) is 0 Å². The minimum Gasteiger partial charge on any atom is -0.482 e. The van der Waals surface area contributed by atoms with E-state index >= 15 is 0 Å².